The molecule has 3 aromatic carbocycles. The molecule has 0 spiro atoms. The van der Waals surface area contributed by atoms with E-state index in [-0.39, 0.29) is 11.8 Å². The second kappa shape index (κ2) is 8.83. The van der Waals surface area contributed by atoms with E-state index in [9.17, 15) is 9.59 Å². The maximum absolute atomic E-state index is 12.6. The molecular weight excluding hydrogens is 388 g/mol. The number of carbonyl (C=O) groups is 2. The highest BCUT2D eigenvalue weighted by atomic mass is 16.2. The number of aromatic amines is 1. The van der Waals surface area contributed by atoms with Gasteiger partial charge >= 0.3 is 0 Å². The van der Waals surface area contributed by atoms with E-state index < -0.39 is 0 Å². The van der Waals surface area contributed by atoms with Gasteiger partial charge < -0.3 is 10.3 Å². The van der Waals surface area contributed by atoms with Gasteiger partial charge in [0, 0.05) is 18.5 Å². The lowest BCUT2D eigenvalue weighted by molar-refractivity contribution is -0.115. The Hall–Kier alpha value is -3.93. The van der Waals surface area contributed by atoms with E-state index in [2.05, 4.69) is 20.6 Å². The Kier molecular flexibility index (Phi) is 5.80. The fraction of sp³-hybridized carbons (Fsp3) is 0.160. The van der Waals surface area contributed by atoms with Crippen LogP contribution in [0.25, 0.3) is 22.2 Å². The molecule has 0 bridgehead atoms. The zero-order valence-electron chi connectivity index (χ0n) is 17.5. The summed E-state index contributed by atoms with van der Waals surface area (Å²) in [6.07, 6.45) is 0.390. The molecule has 0 saturated carbocycles. The van der Waals surface area contributed by atoms with Gasteiger partial charge in [0.15, 0.2) is 0 Å². The molecule has 31 heavy (non-hydrogen) atoms. The van der Waals surface area contributed by atoms with Crippen LogP contribution >= 0.6 is 0 Å². The minimum atomic E-state index is -0.116. The van der Waals surface area contributed by atoms with Crippen LogP contribution in [0.3, 0.4) is 0 Å². The number of fused-ring (bicyclic) bond motifs is 1. The van der Waals surface area contributed by atoms with Gasteiger partial charge in [0.2, 0.25) is 11.9 Å². The average molecular weight is 412 g/mol. The fourth-order valence-corrected chi connectivity index (χ4v) is 3.30. The standard InChI is InChI=1S/C25H24N4O2/c1-3-23(30)29-25-27-21-12-11-19(14-22(21)28-25)18-5-4-6-20(13-18)24(31)26-15-17-9-7-16(2)8-10-17/h4-14H,3,15H2,1-2H3,(H,26,31)(H2,27,28,29,30). The topological polar surface area (TPSA) is 86.9 Å². The highest BCUT2D eigenvalue weighted by molar-refractivity contribution is 5.96. The molecule has 0 aliphatic rings. The Labute approximate surface area is 180 Å². The third-order valence-electron chi connectivity index (χ3n) is 5.09. The zero-order valence-corrected chi connectivity index (χ0v) is 17.5. The quantitative estimate of drug-likeness (QED) is 0.424. The first-order chi connectivity index (χ1) is 15.0. The van der Waals surface area contributed by atoms with Gasteiger partial charge in [-0.25, -0.2) is 4.98 Å². The molecule has 1 aromatic heterocycles. The molecule has 0 aliphatic heterocycles. The van der Waals surface area contributed by atoms with Crippen molar-refractivity contribution in [2.75, 3.05) is 5.32 Å². The Morgan fingerprint density at radius 2 is 1.74 bits per heavy atom. The number of anilines is 1. The number of aryl methyl sites for hydroxylation is 1. The number of nitrogens with zero attached hydrogens (tertiary/aromatic N) is 1. The molecule has 0 radical (unpaired) electrons. The average Bonchev–Trinajstić information content (AvgIpc) is 3.19. The van der Waals surface area contributed by atoms with Gasteiger partial charge in [-0.3, -0.25) is 14.9 Å². The lowest BCUT2D eigenvalue weighted by Gasteiger charge is -2.08. The molecular formula is C25H24N4O2. The number of rotatable bonds is 6. The first kappa shape index (κ1) is 20.3. The lowest BCUT2D eigenvalue weighted by atomic mass is 10.0. The Morgan fingerprint density at radius 1 is 0.968 bits per heavy atom. The van der Waals surface area contributed by atoms with Gasteiger partial charge in [-0.2, -0.15) is 0 Å². The smallest absolute Gasteiger partial charge is 0.251 e. The molecule has 0 fully saturated rings. The number of nitrogens with one attached hydrogen (secondary N) is 3. The van der Waals surface area contributed by atoms with E-state index in [1.54, 1.807) is 13.0 Å². The third kappa shape index (κ3) is 4.80. The van der Waals surface area contributed by atoms with Gasteiger partial charge in [-0.05, 0) is 47.9 Å². The van der Waals surface area contributed by atoms with E-state index in [1.165, 1.54) is 5.56 Å². The Balaban J connectivity index is 1.51. The number of H-pyrrole nitrogens is 1. The SMILES string of the molecule is CCC(=O)Nc1nc2ccc(-c3cccc(C(=O)NCc4ccc(C)cc4)c3)cc2[nH]1. The lowest BCUT2D eigenvalue weighted by Crippen LogP contribution is -2.22. The van der Waals surface area contributed by atoms with Crippen molar-refractivity contribution < 1.29 is 9.59 Å². The summed E-state index contributed by atoms with van der Waals surface area (Å²) in [6, 6.07) is 21.4. The minimum absolute atomic E-state index is 0.0939. The monoisotopic (exact) mass is 412 g/mol. The van der Waals surface area contributed by atoms with Crippen molar-refractivity contribution in [2.24, 2.45) is 0 Å². The van der Waals surface area contributed by atoms with Gasteiger partial charge in [-0.1, -0.05) is 55.0 Å². The molecule has 4 rings (SSSR count). The molecule has 0 aliphatic carbocycles. The van der Waals surface area contributed by atoms with Crippen LogP contribution in [0.15, 0.2) is 66.7 Å². The molecule has 0 unspecified atom stereocenters. The number of hydrogen-bond acceptors (Lipinski definition) is 3. The third-order valence-corrected chi connectivity index (χ3v) is 5.09. The van der Waals surface area contributed by atoms with Crippen molar-refractivity contribution in [3.05, 3.63) is 83.4 Å². The predicted molar refractivity (Wildman–Crippen MR) is 123 cm³/mol. The van der Waals surface area contributed by atoms with Crippen molar-refractivity contribution in [3.63, 3.8) is 0 Å². The van der Waals surface area contributed by atoms with Crippen LogP contribution in [-0.4, -0.2) is 21.8 Å². The van der Waals surface area contributed by atoms with E-state index in [4.69, 9.17) is 0 Å². The summed E-state index contributed by atoms with van der Waals surface area (Å²) in [6.45, 7) is 4.31. The highest BCUT2D eigenvalue weighted by Gasteiger charge is 2.10. The molecule has 0 atom stereocenters. The molecule has 4 aromatic rings. The predicted octanol–water partition coefficient (Wildman–Crippen LogP) is 4.82. The summed E-state index contributed by atoms with van der Waals surface area (Å²) < 4.78 is 0. The summed E-state index contributed by atoms with van der Waals surface area (Å²) in [4.78, 5) is 31.8. The van der Waals surface area contributed by atoms with Crippen LogP contribution in [0.4, 0.5) is 5.95 Å². The number of benzene rings is 3. The van der Waals surface area contributed by atoms with Gasteiger partial charge in [-0.15, -0.1) is 0 Å². The second-order valence-electron chi connectivity index (χ2n) is 7.47. The van der Waals surface area contributed by atoms with Crippen molar-refractivity contribution in [3.8, 4) is 11.1 Å². The summed E-state index contributed by atoms with van der Waals surface area (Å²) in [5.41, 5.74) is 6.32. The van der Waals surface area contributed by atoms with Crippen LogP contribution in [-0.2, 0) is 11.3 Å². The van der Waals surface area contributed by atoms with Gasteiger partial charge in [0.05, 0.1) is 11.0 Å². The molecule has 2 amide bonds. The van der Waals surface area contributed by atoms with E-state index in [1.807, 2.05) is 67.6 Å². The molecule has 0 saturated heterocycles. The van der Waals surface area contributed by atoms with Gasteiger partial charge in [0.1, 0.15) is 0 Å². The van der Waals surface area contributed by atoms with E-state index in [0.717, 1.165) is 27.7 Å². The van der Waals surface area contributed by atoms with Crippen molar-refractivity contribution >= 4 is 28.8 Å². The first-order valence-electron chi connectivity index (χ1n) is 10.3. The van der Waals surface area contributed by atoms with Gasteiger partial charge in [0.25, 0.3) is 5.91 Å². The van der Waals surface area contributed by atoms with Crippen LogP contribution in [0.5, 0.6) is 0 Å². The minimum Gasteiger partial charge on any atom is -0.348 e. The normalized spacial score (nSPS) is 10.8. The van der Waals surface area contributed by atoms with E-state index in [0.29, 0.717) is 24.5 Å². The van der Waals surface area contributed by atoms with E-state index >= 15 is 0 Å². The molecule has 6 heteroatoms. The molecule has 6 nitrogen and oxygen atoms in total. The Morgan fingerprint density at radius 3 is 2.52 bits per heavy atom. The summed E-state index contributed by atoms with van der Waals surface area (Å²) in [5, 5.41) is 5.71. The summed E-state index contributed by atoms with van der Waals surface area (Å²) in [7, 11) is 0. The van der Waals surface area contributed by atoms with Crippen LogP contribution < -0.4 is 10.6 Å². The van der Waals surface area contributed by atoms with Crippen molar-refractivity contribution in [1.82, 2.24) is 15.3 Å². The largest absolute Gasteiger partial charge is 0.348 e. The molecule has 156 valence electrons. The summed E-state index contributed by atoms with van der Waals surface area (Å²) in [5.74, 6) is 0.224. The molecule has 1 heterocycles. The number of amides is 2. The van der Waals surface area contributed by atoms with Crippen LogP contribution in [0, 0.1) is 6.92 Å². The fourth-order valence-electron chi connectivity index (χ4n) is 3.30. The number of hydrogen-bond donors (Lipinski definition) is 3. The van der Waals surface area contributed by atoms with Crippen molar-refractivity contribution in [1.29, 1.82) is 0 Å². The second-order valence-corrected chi connectivity index (χ2v) is 7.47. The number of aromatic nitrogens is 2. The number of imidazole rings is 1. The maximum Gasteiger partial charge on any atom is 0.251 e. The maximum atomic E-state index is 12.6. The first-order valence-corrected chi connectivity index (χ1v) is 10.3. The Bertz CT molecular complexity index is 1240. The highest BCUT2D eigenvalue weighted by Crippen LogP contribution is 2.25. The molecule has 3 N–H and O–H groups in total. The van der Waals surface area contributed by atoms with Crippen LogP contribution in [0.2, 0.25) is 0 Å². The van der Waals surface area contributed by atoms with Crippen molar-refractivity contribution in [2.45, 2.75) is 26.8 Å². The zero-order chi connectivity index (χ0) is 21.8. The van der Waals surface area contributed by atoms with Crippen LogP contribution in [0.1, 0.15) is 34.8 Å². The number of carbonyl (C=O) groups excluding carboxylic acids is 2. The summed E-state index contributed by atoms with van der Waals surface area (Å²) >= 11 is 0.